The number of aliphatic hydroxyl groups is 2. The highest BCUT2D eigenvalue weighted by atomic mass is 127. The second-order valence-electron chi connectivity index (χ2n) is 5.03. The van der Waals surface area contributed by atoms with Gasteiger partial charge in [0, 0.05) is 16.2 Å². The maximum Gasteiger partial charge on any atom is 0.325 e. The highest BCUT2D eigenvalue weighted by molar-refractivity contribution is 14.1. The third-order valence-electron chi connectivity index (χ3n) is 3.67. The number of halogens is 1. The molecule has 0 radical (unpaired) electrons. The number of nitrogens with zero attached hydrogens (tertiary/aromatic N) is 1. The minimum atomic E-state index is -0.881. The van der Waals surface area contributed by atoms with Gasteiger partial charge in [-0.1, -0.05) is 0 Å². The molecule has 6 atom stereocenters. The topological polar surface area (TPSA) is 121 Å². The number of fused-ring (bicyclic) bond motifs is 1. The van der Waals surface area contributed by atoms with Gasteiger partial charge >= 0.3 is 6.03 Å². The van der Waals surface area contributed by atoms with Crippen molar-refractivity contribution in [3.05, 3.63) is 9.78 Å². The Hall–Kier alpha value is -0.460. The first-order valence-electron chi connectivity index (χ1n) is 6.32. The molecule has 8 nitrogen and oxygen atoms in total. The number of nitrogens with two attached hydrogens (primary N) is 1. The second-order valence-corrected chi connectivity index (χ2v) is 6.27. The summed E-state index contributed by atoms with van der Waals surface area (Å²) in [5, 5.41) is 21.9. The van der Waals surface area contributed by atoms with Gasteiger partial charge in [0.2, 0.25) is 0 Å². The van der Waals surface area contributed by atoms with Crippen molar-refractivity contribution in [1.29, 1.82) is 0 Å². The van der Waals surface area contributed by atoms with Gasteiger partial charge in [-0.15, -0.1) is 0 Å². The lowest BCUT2D eigenvalue weighted by atomic mass is 10.1. The van der Waals surface area contributed by atoms with Gasteiger partial charge in [0.25, 0.3) is 0 Å². The highest BCUT2D eigenvalue weighted by Gasteiger charge is 2.53. The lowest BCUT2D eigenvalue weighted by molar-refractivity contribution is -0.133. The molecule has 0 aromatic carbocycles. The second kappa shape index (κ2) is 5.39. The average Bonchev–Trinajstić information content (AvgIpc) is 3.17. The van der Waals surface area contributed by atoms with Crippen LogP contribution in [-0.2, 0) is 9.47 Å². The lowest BCUT2D eigenvalue weighted by Gasteiger charge is -2.35. The van der Waals surface area contributed by atoms with Crippen molar-refractivity contribution in [2.24, 2.45) is 5.73 Å². The number of rotatable bonds is 2. The fourth-order valence-electron chi connectivity index (χ4n) is 2.49. The number of hydrogen-bond donors (Lipinski definition) is 4. The molecule has 5 N–H and O–H groups in total. The molecule has 20 heavy (non-hydrogen) atoms. The van der Waals surface area contributed by atoms with E-state index in [2.05, 4.69) is 5.32 Å². The first-order chi connectivity index (χ1) is 9.51. The summed E-state index contributed by atoms with van der Waals surface area (Å²) in [5.74, 6) is 0. The predicted molar refractivity (Wildman–Crippen MR) is 75.5 cm³/mol. The van der Waals surface area contributed by atoms with E-state index in [9.17, 15) is 15.0 Å². The molecule has 2 unspecified atom stereocenters. The Kier molecular flexibility index (Phi) is 3.90. The van der Waals surface area contributed by atoms with Crippen molar-refractivity contribution >= 4 is 28.6 Å². The maximum atomic E-state index is 12.0. The van der Waals surface area contributed by atoms with Crippen LogP contribution in [0.5, 0.6) is 0 Å². The number of nitrogens with one attached hydrogen (secondary N) is 1. The molecule has 0 saturated carbocycles. The van der Waals surface area contributed by atoms with E-state index in [0.29, 0.717) is 6.42 Å². The van der Waals surface area contributed by atoms with Crippen LogP contribution in [0.2, 0.25) is 0 Å². The van der Waals surface area contributed by atoms with E-state index in [1.165, 1.54) is 4.90 Å². The molecule has 0 spiro atoms. The van der Waals surface area contributed by atoms with Crippen molar-refractivity contribution in [1.82, 2.24) is 10.2 Å². The largest absolute Gasteiger partial charge is 0.394 e. The van der Waals surface area contributed by atoms with Crippen LogP contribution in [0.4, 0.5) is 4.79 Å². The van der Waals surface area contributed by atoms with Crippen LogP contribution in [0.15, 0.2) is 9.78 Å². The van der Waals surface area contributed by atoms with E-state index in [1.54, 1.807) is 6.20 Å². The zero-order valence-electron chi connectivity index (χ0n) is 10.5. The van der Waals surface area contributed by atoms with Crippen LogP contribution < -0.4 is 11.1 Å². The first kappa shape index (κ1) is 14.5. The third kappa shape index (κ3) is 2.53. The molecular weight excluding hydrogens is 381 g/mol. The summed E-state index contributed by atoms with van der Waals surface area (Å²) in [7, 11) is 0. The highest BCUT2D eigenvalue weighted by Crippen LogP contribution is 2.37. The van der Waals surface area contributed by atoms with E-state index >= 15 is 0 Å². The SMILES string of the molecule is NC1NC(=O)N(C2C[C@H]3O[C@H]3[C@H](O)[C@@H](CO)O2)C=C1I. The smallest absolute Gasteiger partial charge is 0.325 e. The molecule has 3 rings (SSSR count). The van der Waals surface area contributed by atoms with Gasteiger partial charge in [-0.2, -0.15) is 0 Å². The summed E-state index contributed by atoms with van der Waals surface area (Å²) in [4.78, 5) is 13.4. The quantitative estimate of drug-likeness (QED) is 0.344. The molecule has 3 heterocycles. The van der Waals surface area contributed by atoms with Crippen molar-refractivity contribution in [2.45, 2.75) is 43.2 Å². The fourth-order valence-corrected chi connectivity index (χ4v) is 2.94. The number of carbonyl (C=O) groups excluding carboxylic acids is 1. The third-order valence-corrected chi connectivity index (χ3v) is 4.62. The summed E-state index contributed by atoms with van der Waals surface area (Å²) in [5.41, 5.74) is 5.72. The average molecular weight is 397 g/mol. The number of amides is 2. The van der Waals surface area contributed by atoms with E-state index < -0.39 is 24.6 Å². The Bertz CT molecular complexity index is 448. The van der Waals surface area contributed by atoms with E-state index in [4.69, 9.17) is 15.2 Å². The fraction of sp³-hybridized carbons (Fsp3) is 0.727. The lowest BCUT2D eigenvalue weighted by Crippen LogP contribution is -2.55. The van der Waals surface area contributed by atoms with Crippen LogP contribution in [0, 0.1) is 0 Å². The van der Waals surface area contributed by atoms with Gasteiger partial charge in [0.15, 0.2) is 0 Å². The molecule has 2 amide bonds. The summed E-state index contributed by atoms with van der Waals surface area (Å²) in [6.07, 6.45) is -1.18. The standard InChI is InChI=1S/C11H16IN3O5/c12-4-2-15(11(18)14-10(4)13)7-1-5-9(20-5)8(17)6(3-16)19-7/h2,5-10,16-17H,1,3,13H2,(H,14,18)/t5-,6-,7?,8-,9-,10?/m1/s1. The molecule has 3 aliphatic heterocycles. The van der Waals surface area contributed by atoms with Crippen LogP contribution in [0.25, 0.3) is 0 Å². The Labute approximate surface area is 129 Å². The zero-order chi connectivity index (χ0) is 14.4. The van der Waals surface area contributed by atoms with Gasteiger partial charge in [-0.3, -0.25) is 4.90 Å². The van der Waals surface area contributed by atoms with Gasteiger partial charge in [0.05, 0.1) is 12.7 Å². The predicted octanol–water partition coefficient (Wildman–Crippen LogP) is -1.19. The number of urea groups is 1. The van der Waals surface area contributed by atoms with Gasteiger partial charge in [-0.25, -0.2) is 4.79 Å². The normalized spacial score (nSPS) is 44.3. The number of epoxide rings is 1. The van der Waals surface area contributed by atoms with E-state index in [-0.39, 0.29) is 24.8 Å². The minimum Gasteiger partial charge on any atom is -0.394 e. The molecule has 112 valence electrons. The van der Waals surface area contributed by atoms with E-state index in [0.717, 1.165) is 3.58 Å². The minimum absolute atomic E-state index is 0.152. The van der Waals surface area contributed by atoms with Crippen molar-refractivity contribution in [3.63, 3.8) is 0 Å². The Morgan fingerprint density at radius 3 is 3.00 bits per heavy atom. The number of carbonyl (C=O) groups is 1. The summed E-state index contributed by atoms with van der Waals surface area (Å²) in [6.45, 7) is -0.333. The molecular formula is C11H16IN3O5. The molecule has 0 aromatic heterocycles. The number of aliphatic hydroxyl groups excluding tert-OH is 2. The van der Waals surface area contributed by atoms with Crippen LogP contribution in [0.3, 0.4) is 0 Å². The summed E-state index contributed by atoms with van der Waals surface area (Å²) >= 11 is 2.04. The number of ether oxygens (including phenoxy) is 2. The van der Waals surface area contributed by atoms with Crippen molar-refractivity contribution in [2.75, 3.05) is 6.61 Å². The van der Waals surface area contributed by atoms with Crippen molar-refractivity contribution in [3.8, 4) is 0 Å². The molecule has 2 fully saturated rings. The van der Waals surface area contributed by atoms with Crippen LogP contribution in [-0.4, -0.2) is 64.6 Å². The molecule has 0 aromatic rings. The first-order valence-corrected chi connectivity index (χ1v) is 7.40. The summed E-state index contributed by atoms with van der Waals surface area (Å²) < 4.78 is 11.8. The molecule has 2 saturated heterocycles. The molecule has 3 aliphatic rings. The van der Waals surface area contributed by atoms with Crippen LogP contribution in [0.1, 0.15) is 6.42 Å². The van der Waals surface area contributed by atoms with Gasteiger partial charge in [-0.05, 0) is 22.6 Å². The Morgan fingerprint density at radius 2 is 2.30 bits per heavy atom. The monoisotopic (exact) mass is 397 g/mol. The number of hydrogen-bond acceptors (Lipinski definition) is 6. The molecule has 0 bridgehead atoms. The van der Waals surface area contributed by atoms with E-state index in [1.807, 2.05) is 22.6 Å². The summed E-state index contributed by atoms with van der Waals surface area (Å²) in [6, 6.07) is -0.367. The Balaban J connectivity index is 1.80. The zero-order valence-corrected chi connectivity index (χ0v) is 12.6. The molecule has 0 aliphatic carbocycles. The van der Waals surface area contributed by atoms with Gasteiger partial charge in [0.1, 0.15) is 30.7 Å². The van der Waals surface area contributed by atoms with Gasteiger partial charge < -0.3 is 30.7 Å². The molecule has 9 heteroatoms. The van der Waals surface area contributed by atoms with Crippen molar-refractivity contribution < 1.29 is 24.5 Å². The van der Waals surface area contributed by atoms with Crippen LogP contribution >= 0.6 is 22.6 Å². The maximum absolute atomic E-state index is 12.0. The Morgan fingerprint density at radius 1 is 1.55 bits per heavy atom.